The molecule has 0 aliphatic heterocycles. The fourth-order valence-electron chi connectivity index (χ4n) is 0.385. The molecule has 0 bridgehead atoms. The molecule has 0 saturated heterocycles. The zero-order chi connectivity index (χ0) is 11.1. The Bertz CT molecular complexity index is 197. The summed E-state index contributed by atoms with van der Waals surface area (Å²) < 4.78 is 0. The maximum absolute atomic E-state index is 10.3. The lowest BCUT2D eigenvalue weighted by atomic mass is 10.4. The third-order valence-electron chi connectivity index (χ3n) is 1.21. The second-order valence-corrected chi connectivity index (χ2v) is 5.01. The lowest BCUT2D eigenvalue weighted by Gasteiger charge is -2.07. The molecular weight excluding hydrogens is 253 g/mol. The number of carboxylic acids is 2. The first-order valence-corrected chi connectivity index (χ1v) is 6.15. The Hall–Kier alpha value is 0.326. The van der Waals surface area contributed by atoms with Crippen LogP contribution in [0.3, 0.4) is 0 Å². The largest absolute Gasteiger partial charge is 0.480 e. The van der Waals surface area contributed by atoms with Crippen LogP contribution in [0, 0.1) is 0 Å². The first kappa shape index (κ1) is 17.7. The van der Waals surface area contributed by atoms with Gasteiger partial charge in [-0.15, -0.1) is 0 Å². The van der Waals surface area contributed by atoms with Gasteiger partial charge in [-0.2, -0.15) is 0 Å². The molecule has 0 amide bonds. The monoisotopic (exact) mass is 266 g/mol. The first-order chi connectivity index (χ1) is 6.45. The highest BCUT2D eigenvalue weighted by Crippen LogP contribution is 2.22. The van der Waals surface area contributed by atoms with E-state index in [2.05, 4.69) is 0 Å². The van der Waals surface area contributed by atoms with Crippen molar-refractivity contribution < 1.29 is 19.8 Å². The van der Waals surface area contributed by atoms with Gasteiger partial charge in [0.05, 0.1) is 0 Å². The summed E-state index contributed by atoms with van der Waals surface area (Å²) in [5, 5.41) is 16.8. The second-order valence-electron chi connectivity index (χ2n) is 2.46. The van der Waals surface area contributed by atoms with Crippen LogP contribution in [-0.4, -0.2) is 68.8 Å². The molecule has 0 rings (SSSR count). The fourth-order valence-corrected chi connectivity index (χ4v) is 2.61. The summed E-state index contributed by atoms with van der Waals surface area (Å²) in [6, 6.07) is -1.85. The minimum Gasteiger partial charge on any atom is -0.480 e. The molecule has 0 aliphatic carbocycles. The molecule has 9 heteroatoms. The lowest BCUT2D eigenvalue weighted by molar-refractivity contribution is -0.138. The van der Waals surface area contributed by atoms with E-state index in [1.54, 1.807) is 0 Å². The Kier molecular flexibility index (Phi) is 11.3. The molecule has 0 heterocycles. The summed E-state index contributed by atoms with van der Waals surface area (Å²) in [5.41, 5.74) is 10.4. The number of aliphatic carboxylic acids is 2. The van der Waals surface area contributed by atoms with E-state index in [4.69, 9.17) is 21.7 Å². The van der Waals surface area contributed by atoms with E-state index in [1.165, 1.54) is 21.6 Å². The summed E-state index contributed by atoms with van der Waals surface area (Å²) in [6.45, 7) is 0. The van der Waals surface area contributed by atoms with Crippen LogP contribution in [0.25, 0.3) is 0 Å². The van der Waals surface area contributed by atoms with E-state index >= 15 is 0 Å². The zero-order valence-electron chi connectivity index (χ0n) is 7.25. The van der Waals surface area contributed by atoms with Gasteiger partial charge in [0.25, 0.3) is 0 Å². The van der Waals surface area contributed by atoms with Gasteiger partial charge in [0.2, 0.25) is 0 Å². The van der Waals surface area contributed by atoms with Crippen molar-refractivity contribution in [3.63, 3.8) is 0 Å². The molecule has 2 atom stereocenters. The van der Waals surface area contributed by atoms with Crippen molar-refractivity contribution in [2.75, 3.05) is 11.5 Å². The van der Waals surface area contributed by atoms with Crippen LogP contribution in [0.5, 0.6) is 0 Å². The maximum atomic E-state index is 10.3. The van der Waals surface area contributed by atoms with Crippen molar-refractivity contribution >= 4 is 56.6 Å². The van der Waals surface area contributed by atoms with Gasteiger partial charge >= 0.3 is 35.0 Å². The van der Waals surface area contributed by atoms with Crippen molar-refractivity contribution in [3.8, 4) is 0 Å². The molecule has 0 fully saturated rings. The summed E-state index contributed by atoms with van der Waals surface area (Å²) in [4.78, 5) is 20.5. The molecular formula is C6H14MgN2O4S2. The highest BCUT2D eigenvalue weighted by atomic mass is 33.1. The van der Waals surface area contributed by atoms with Gasteiger partial charge in [-0.3, -0.25) is 9.59 Å². The smallest absolute Gasteiger partial charge is 0.321 e. The van der Waals surface area contributed by atoms with Crippen LogP contribution >= 0.6 is 21.6 Å². The Morgan fingerprint density at radius 2 is 1.27 bits per heavy atom. The molecule has 6 nitrogen and oxygen atoms in total. The van der Waals surface area contributed by atoms with Gasteiger partial charge in [0, 0.05) is 11.5 Å². The number of carbonyl (C=O) groups is 2. The van der Waals surface area contributed by atoms with E-state index in [0.717, 1.165) is 0 Å². The van der Waals surface area contributed by atoms with Gasteiger partial charge < -0.3 is 21.7 Å². The molecule has 0 saturated carbocycles. The van der Waals surface area contributed by atoms with Crippen LogP contribution < -0.4 is 11.5 Å². The van der Waals surface area contributed by atoms with Crippen molar-refractivity contribution in [2.24, 2.45) is 11.5 Å². The summed E-state index contributed by atoms with van der Waals surface area (Å²) in [5.74, 6) is -1.68. The van der Waals surface area contributed by atoms with Gasteiger partial charge in [0.15, 0.2) is 0 Å². The summed E-state index contributed by atoms with van der Waals surface area (Å²) in [6.07, 6.45) is 0. The van der Waals surface area contributed by atoms with E-state index in [-0.39, 0.29) is 34.6 Å². The zero-order valence-corrected chi connectivity index (χ0v) is 8.88. The molecule has 6 N–H and O–H groups in total. The van der Waals surface area contributed by atoms with Gasteiger partial charge in [-0.05, 0) is 0 Å². The Labute approximate surface area is 111 Å². The van der Waals surface area contributed by atoms with Gasteiger partial charge in [0.1, 0.15) is 12.1 Å². The average molecular weight is 267 g/mol. The van der Waals surface area contributed by atoms with Crippen LogP contribution in [0.4, 0.5) is 0 Å². The quantitative estimate of drug-likeness (QED) is 0.243. The van der Waals surface area contributed by atoms with Gasteiger partial charge in [-0.1, -0.05) is 21.6 Å². The van der Waals surface area contributed by atoms with Crippen molar-refractivity contribution in [1.82, 2.24) is 0 Å². The second kappa shape index (κ2) is 9.54. The Morgan fingerprint density at radius 1 is 1.00 bits per heavy atom. The molecule has 0 aromatic heterocycles. The normalized spacial score (nSPS) is 13.7. The van der Waals surface area contributed by atoms with Crippen molar-refractivity contribution in [1.29, 1.82) is 0 Å². The Morgan fingerprint density at radius 3 is 1.47 bits per heavy atom. The van der Waals surface area contributed by atoms with Crippen LogP contribution in [0.15, 0.2) is 0 Å². The number of hydrogen-bond donors (Lipinski definition) is 4. The molecule has 86 valence electrons. The van der Waals surface area contributed by atoms with Crippen LogP contribution in [0.2, 0.25) is 0 Å². The third kappa shape index (κ3) is 9.27. The minimum atomic E-state index is -1.07. The van der Waals surface area contributed by atoms with E-state index in [9.17, 15) is 9.59 Å². The standard InChI is InChI=1S/C6H12N2O4S2.Mg.2H/c7-3(5(9)10)1-13-14-2-4(8)6(11)12;;;/h3-4H,1-2,7-8H2,(H,9,10)(H,11,12);;;. The predicted molar refractivity (Wildman–Crippen MR) is 64.7 cm³/mol. The lowest BCUT2D eigenvalue weighted by Crippen LogP contribution is -2.33. The molecule has 0 aromatic carbocycles. The van der Waals surface area contributed by atoms with Crippen molar-refractivity contribution in [2.45, 2.75) is 12.1 Å². The predicted octanol–water partition coefficient (Wildman–Crippen LogP) is -1.72. The van der Waals surface area contributed by atoms with E-state index < -0.39 is 24.0 Å². The molecule has 0 spiro atoms. The number of nitrogens with two attached hydrogens (primary N) is 2. The molecule has 15 heavy (non-hydrogen) atoms. The van der Waals surface area contributed by atoms with Crippen LogP contribution in [0.1, 0.15) is 0 Å². The maximum Gasteiger partial charge on any atom is 0.321 e. The summed E-state index contributed by atoms with van der Waals surface area (Å²) in [7, 11) is 2.41. The highest BCUT2D eigenvalue weighted by molar-refractivity contribution is 8.76. The van der Waals surface area contributed by atoms with E-state index in [1.807, 2.05) is 0 Å². The molecule has 0 aliphatic rings. The fraction of sp³-hybridized carbons (Fsp3) is 0.667. The van der Waals surface area contributed by atoms with Crippen LogP contribution in [-0.2, 0) is 9.59 Å². The molecule has 2 unspecified atom stereocenters. The topological polar surface area (TPSA) is 127 Å². The first-order valence-electron chi connectivity index (χ1n) is 3.66. The Balaban J connectivity index is 0. The molecule has 0 aromatic rings. The summed E-state index contributed by atoms with van der Waals surface area (Å²) >= 11 is 0. The third-order valence-corrected chi connectivity index (χ3v) is 3.69. The minimum absolute atomic E-state index is 0. The number of hydrogen-bond acceptors (Lipinski definition) is 6. The highest BCUT2D eigenvalue weighted by Gasteiger charge is 2.14. The SMILES string of the molecule is NC(CSSCC(N)C(=O)O)C(=O)O.[MgH2]. The number of rotatable bonds is 7. The van der Waals surface area contributed by atoms with E-state index in [0.29, 0.717) is 0 Å². The van der Waals surface area contributed by atoms with Crippen molar-refractivity contribution in [3.05, 3.63) is 0 Å². The van der Waals surface area contributed by atoms with Gasteiger partial charge in [-0.25, -0.2) is 0 Å². The number of carboxylic acid groups (broad SMARTS) is 2. The average Bonchev–Trinajstić information content (AvgIpc) is 2.11. The molecule has 0 radical (unpaired) electrons.